The lowest BCUT2D eigenvalue weighted by Gasteiger charge is -2.09. The van der Waals surface area contributed by atoms with Gasteiger partial charge in [0, 0.05) is 5.92 Å². The molecule has 17 heavy (non-hydrogen) atoms. The van der Waals surface area contributed by atoms with Crippen molar-refractivity contribution in [2.45, 2.75) is 25.6 Å². The van der Waals surface area contributed by atoms with Gasteiger partial charge in [-0.3, -0.25) is 4.79 Å². The number of hydrogen-bond donors (Lipinski definition) is 0. The van der Waals surface area contributed by atoms with Gasteiger partial charge in [0.05, 0.1) is 0 Å². The summed E-state index contributed by atoms with van der Waals surface area (Å²) in [6.45, 7) is 1.53. The summed E-state index contributed by atoms with van der Waals surface area (Å²) in [6.07, 6.45) is -3.88. The van der Waals surface area contributed by atoms with E-state index in [1.165, 1.54) is 19.1 Å². The van der Waals surface area contributed by atoms with E-state index in [2.05, 4.69) is 4.74 Å². The molecule has 0 aliphatic heterocycles. The molecule has 1 aromatic carbocycles. The van der Waals surface area contributed by atoms with Gasteiger partial charge in [0.15, 0.2) is 0 Å². The van der Waals surface area contributed by atoms with Gasteiger partial charge in [0.2, 0.25) is 0 Å². The Morgan fingerprint density at radius 1 is 1.29 bits per heavy atom. The quantitative estimate of drug-likeness (QED) is 0.815. The van der Waals surface area contributed by atoms with Gasteiger partial charge in [-0.15, -0.1) is 13.2 Å². The van der Waals surface area contributed by atoms with Crippen molar-refractivity contribution in [3.05, 3.63) is 29.8 Å². The number of hydrogen-bond acceptors (Lipinski definition) is 2. The molecule has 0 amide bonds. The number of ketones is 1. The number of carbonyl (C=O) groups is 1. The van der Waals surface area contributed by atoms with Crippen LogP contribution in [0.3, 0.4) is 0 Å². The first-order valence-corrected chi connectivity index (χ1v) is 5.23. The molecule has 2 nitrogen and oxygen atoms in total. The summed E-state index contributed by atoms with van der Waals surface area (Å²) in [5.41, 5.74) is 0.889. The van der Waals surface area contributed by atoms with Crippen LogP contribution in [0.2, 0.25) is 0 Å². The lowest BCUT2D eigenvalue weighted by atomic mass is 10.1. The molecule has 2 rings (SSSR count). The van der Waals surface area contributed by atoms with Crippen LogP contribution in [-0.2, 0) is 4.79 Å². The minimum Gasteiger partial charge on any atom is -0.406 e. The maximum absolute atomic E-state index is 11.9. The largest absolute Gasteiger partial charge is 0.573 e. The summed E-state index contributed by atoms with van der Waals surface area (Å²) < 4.78 is 39.5. The highest BCUT2D eigenvalue weighted by Crippen LogP contribution is 2.48. The zero-order valence-corrected chi connectivity index (χ0v) is 9.12. The number of rotatable bonds is 3. The fourth-order valence-electron chi connectivity index (χ4n) is 1.93. The van der Waals surface area contributed by atoms with Crippen LogP contribution in [0.15, 0.2) is 24.3 Å². The molecule has 1 saturated carbocycles. The predicted molar refractivity (Wildman–Crippen MR) is 54.7 cm³/mol. The molecule has 5 heteroatoms. The van der Waals surface area contributed by atoms with Crippen LogP contribution in [0, 0.1) is 5.92 Å². The van der Waals surface area contributed by atoms with Crippen molar-refractivity contribution in [1.82, 2.24) is 0 Å². The molecule has 1 aromatic rings. The molecule has 0 heterocycles. The van der Waals surface area contributed by atoms with Gasteiger partial charge in [-0.25, -0.2) is 0 Å². The Labute approximate surface area is 96.4 Å². The minimum atomic E-state index is -4.66. The van der Waals surface area contributed by atoms with Gasteiger partial charge in [-0.05, 0) is 37.0 Å². The van der Waals surface area contributed by atoms with Crippen LogP contribution in [0.25, 0.3) is 0 Å². The number of benzene rings is 1. The molecule has 92 valence electrons. The summed E-state index contributed by atoms with van der Waals surface area (Å²) in [7, 11) is 0. The number of Topliss-reactive ketones (excluding diaryl/α,β-unsaturated/α-hetero) is 1. The molecule has 1 aliphatic carbocycles. The average molecular weight is 244 g/mol. The van der Waals surface area contributed by atoms with Crippen LogP contribution >= 0.6 is 0 Å². The first kappa shape index (κ1) is 12.0. The number of halogens is 3. The van der Waals surface area contributed by atoms with E-state index < -0.39 is 6.36 Å². The van der Waals surface area contributed by atoms with Crippen LogP contribution < -0.4 is 4.74 Å². The second kappa shape index (κ2) is 4.05. The van der Waals surface area contributed by atoms with Gasteiger partial charge < -0.3 is 4.74 Å². The fraction of sp³-hybridized carbons (Fsp3) is 0.417. The van der Waals surface area contributed by atoms with E-state index in [0.29, 0.717) is 0 Å². The monoisotopic (exact) mass is 244 g/mol. The first-order valence-electron chi connectivity index (χ1n) is 5.23. The smallest absolute Gasteiger partial charge is 0.406 e. The summed E-state index contributed by atoms with van der Waals surface area (Å²) in [5, 5.41) is 0. The van der Waals surface area contributed by atoms with Crippen molar-refractivity contribution in [1.29, 1.82) is 0 Å². The highest BCUT2D eigenvalue weighted by atomic mass is 19.4. The average Bonchev–Trinajstić information content (AvgIpc) is 2.96. The first-order chi connectivity index (χ1) is 7.87. The molecule has 0 spiro atoms. The summed E-state index contributed by atoms with van der Waals surface area (Å²) in [4.78, 5) is 11.1. The lowest BCUT2D eigenvalue weighted by molar-refractivity contribution is -0.274. The summed E-state index contributed by atoms with van der Waals surface area (Å²) in [6, 6.07) is 5.71. The second-order valence-corrected chi connectivity index (χ2v) is 4.18. The molecular weight excluding hydrogens is 233 g/mol. The molecular formula is C12H11F3O2. The van der Waals surface area contributed by atoms with E-state index in [-0.39, 0.29) is 23.4 Å². The van der Waals surface area contributed by atoms with Gasteiger partial charge in [0.1, 0.15) is 11.5 Å². The topological polar surface area (TPSA) is 26.3 Å². The molecule has 0 bridgehead atoms. The fourth-order valence-corrected chi connectivity index (χ4v) is 1.93. The van der Waals surface area contributed by atoms with Gasteiger partial charge in [0.25, 0.3) is 0 Å². The Morgan fingerprint density at radius 2 is 1.88 bits per heavy atom. The SMILES string of the molecule is CC(=O)C1CC1c1ccc(OC(F)(F)F)cc1. The molecule has 1 aliphatic rings. The van der Waals surface area contributed by atoms with Crippen LogP contribution in [0.4, 0.5) is 13.2 Å². The van der Waals surface area contributed by atoms with Crippen LogP contribution in [0.1, 0.15) is 24.8 Å². The third kappa shape index (κ3) is 2.99. The van der Waals surface area contributed by atoms with Crippen LogP contribution in [0.5, 0.6) is 5.75 Å². The second-order valence-electron chi connectivity index (χ2n) is 4.18. The van der Waals surface area contributed by atoms with E-state index in [9.17, 15) is 18.0 Å². The Morgan fingerprint density at radius 3 is 2.29 bits per heavy atom. The molecule has 0 N–H and O–H groups in total. The van der Waals surface area contributed by atoms with Gasteiger partial charge >= 0.3 is 6.36 Å². The summed E-state index contributed by atoms with van der Waals surface area (Å²) >= 11 is 0. The van der Waals surface area contributed by atoms with Crippen molar-refractivity contribution in [2.75, 3.05) is 0 Å². The Kier molecular flexibility index (Phi) is 2.85. The van der Waals surface area contributed by atoms with Crippen molar-refractivity contribution in [2.24, 2.45) is 5.92 Å². The molecule has 1 fully saturated rings. The third-order valence-electron chi connectivity index (χ3n) is 2.85. The third-order valence-corrected chi connectivity index (χ3v) is 2.85. The molecule has 0 aromatic heterocycles. The van der Waals surface area contributed by atoms with E-state index in [1.54, 1.807) is 12.1 Å². The number of carbonyl (C=O) groups excluding carboxylic acids is 1. The highest BCUT2D eigenvalue weighted by Gasteiger charge is 2.41. The standard InChI is InChI=1S/C12H11F3O2/c1-7(16)10-6-11(10)8-2-4-9(5-3-8)17-12(13,14)15/h2-5,10-11H,6H2,1H3. The van der Waals surface area contributed by atoms with Crippen LogP contribution in [-0.4, -0.2) is 12.1 Å². The lowest BCUT2D eigenvalue weighted by Crippen LogP contribution is -2.17. The molecule has 2 unspecified atom stereocenters. The Balaban J connectivity index is 2.02. The molecule has 0 radical (unpaired) electrons. The van der Waals surface area contributed by atoms with E-state index in [0.717, 1.165) is 12.0 Å². The zero-order chi connectivity index (χ0) is 12.6. The van der Waals surface area contributed by atoms with Crippen molar-refractivity contribution >= 4 is 5.78 Å². The van der Waals surface area contributed by atoms with Gasteiger partial charge in [-0.1, -0.05) is 12.1 Å². The number of alkyl halides is 3. The van der Waals surface area contributed by atoms with E-state index >= 15 is 0 Å². The van der Waals surface area contributed by atoms with Gasteiger partial charge in [-0.2, -0.15) is 0 Å². The molecule has 0 saturated heterocycles. The van der Waals surface area contributed by atoms with Crippen molar-refractivity contribution in [3.63, 3.8) is 0 Å². The van der Waals surface area contributed by atoms with Crippen molar-refractivity contribution < 1.29 is 22.7 Å². The normalized spacial score (nSPS) is 23.3. The predicted octanol–water partition coefficient (Wildman–Crippen LogP) is 3.28. The Hall–Kier alpha value is -1.52. The summed E-state index contributed by atoms with van der Waals surface area (Å²) in [5.74, 6) is 0.0868. The maximum Gasteiger partial charge on any atom is 0.573 e. The zero-order valence-electron chi connectivity index (χ0n) is 9.12. The van der Waals surface area contributed by atoms with Crippen molar-refractivity contribution in [3.8, 4) is 5.75 Å². The van der Waals surface area contributed by atoms with E-state index in [4.69, 9.17) is 0 Å². The minimum absolute atomic E-state index is 0.0318. The highest BCUT2D eigenvalue weighted by molar-refractivity contribution is 5.82. The number of ether oxygens (including phenoxy) is 1. The Bertz CT molecular complexity index is 422. The molecule has 2 atom stereocenters. The van der Waals surface area contributed by atoms with E-state index in [1.807, 2.05) is 0 Å². The maximum atomic E-state index is 11.9.